The van der Waals surface area contributed by atoms with Crippen LogP contribution in [0.5, 0.6) is 0 Å². The van der Waals surface area contributed by atoms with Gasteiger partial charge in [0.15, 0.2) is 0 Å². The molecule has 0 N–H and O–H groups in total. The predicted molar refractivity (Wildman–Crippen MR) is 74.0 cm³/mol. The molecule has 0 saturated heterocycles. The number of nitrogens with zero attached hydrogens (tertiary/aromatic N) is 3. The Morgan fingerprint density at radius 1 is 1.00 bits per heavy atom. The van der Waals surface area contributed by atoms with Gasteiger partial charge in [-0.25, -0.2) is 0 Å². The van der Waals surface area contributed by atoms with Crippen LogP contribution in [0.15, 0.2) is 59.5 Å². The van der Waals surface area contributed by atoms with E-state index >= 15 is 0 Å². The molecule has 1 aromatic heterocycles. The number of nitro groups is 1. The minimum Gasteiger partial charge on any atom is -0.267 e. The van der Waals surface area contributed by atoms with Crippen molar-refractivity contribution >= 4 is 16.5 Å². The molecule has 2 aromatic carbocycles. The zero-order chi connectivity index (χ0) is 14.1. The normalized spacial score (nSPS) is 10.6. The number of aromatic nitrogens is 2. The maximum atomic E-state index is 12.4. The van der Waals surface area contributed by atoms with E-state index in [9.17, 15) is 14.9 Å². The highest BCUT2D eigenvalue weighted by atomic mass is 16.6. The number of fused-ring (bicyclic) bond motifs is 1. The van der Waals surface area contributed by atoms with E-state index in [1.165, 1.54) is 23.0 Å². The second-order valence-corrected chi connectivity index (χ2v) is 4.19. The maximum absolute atomic E-state index is 12.4. The second-order valence-electron chi connectivity index (χ2n) is 4.19. The first-order chi connectivity index (χ1) is 9.68. The highest BCUT2D eigenvalue weighted by Crippen LogP contribution is 2.22. The molecule has 0 bridgehead atoms. The van der Waals surface area contributed by atoms with Gasteiger partial charge in [0.25, 0.3) is 11.2 Å². The Bertz CT molecular complexity index is 856. The van der Waals surface area contributed by atoms with Crippen molar-refractivity contribution in [3.8, 4) is 5.69 Å². The van der Waals surface area contributed by atoms with Crippen molar-refractivity contribution in [2.45, 2.75) is 0 Å². The molecule has 6 heteroatoms. The molecule has 0 saturated carbocycles. The number of hydrogen-bond donors (Lipinski definition) is 0. The van der Waals surface area contributed by atoms with Crippen LogP contribution in [-0.2, 0) is 0 Å². The first-order valence-electron chi connectivity index (χ1n) is 5.89. The zero-order valence-corrected chi connectivity index (χ0v) is 10.3. The Morgan fingerprint density at radius 3 is 2.45 bits per heavy atom. The summed E-state index contributed by atoms with van der Waals surface area (Å²) in [4.78, 5) is 22.8. The number of hydrogen-bond acceptors (Lipinski definition) is 4. The van der Waals surface area contributed by atoms with Gasteiger partial charge in [-0.1, -0.05) is 24.3 Å². The molecule has 0 amide bonds. The van der Waals surface area contributed by atoms with Gasteiger partial charge in [-0.15, -0.1) is 0 Å². The van der Waals surface area contributed by atoms with Crippen molar-refractivity contribution in [3.05, 3.63) is 75.2 Å². The summed E-state index contributed by atoms with van der Waals surface area (Å²) in [7, 11) is 0. The smallest absolute Gasteiger partial charge is 0.267 e. The third kappa shape index (κ3) is 1.83. The van der Waals surface area contributed by atoms with Crippen LogP contribution in [0.4, 0.5) is 5.69 Å². The van der Waals surface area contributed by atoms with Crippen molar-refractivity contribution < 1.29 is 4.92 Å². The van der Waals surface area contributed by atoms with Gasteiger partial charge in [0, 0.05) is 6.07 Å². The quantitative estimate of drug-likeness (QED) is 0.527. The molecule has 0 spiro atoms. The van der Waals surface area contributed by atoms with E-state index in [2.05, 4.69) is 5.10 Å². The Kier molecular flexibility index (Phi) is 2.76. The van der Waals surface area contributed by atoms with E-state index in [0.717, 1.165) is 0 Å². The van der Waals surface area contributed by atoms with E-state index in [1.807, 2.05) is 6.07 Å². The average Bonchev–Trinajstić information content (AvgIpc) is 2.48. The van der Waals surface area contributed by atoms with E-state index < -0.39 is 4.92 Å². The molecular formula is C14H9N3O3. The largest absolute Gasteiger partial charge is 0.279 e. The summed E-state index contributed by atoms with van der Waals surface area (Å²) in [6.45, 7) is 0. The van der Waals surface area contributed by atoms with E-state index in [4.69, 9.17) is 0 Å². The van der Waals surface area contributed by atoms with Gasteiger partial charge < -0.3 is 0 Å². The van der Waals surface area contributed by atoms with Gasteiger partial charge in [-0.3, -0.25) is 14.9 Å². The van der Waals surface area contributed by atoms with Crippen LogP contribution in [-0.4, -0.2) is 14.7 Å². The summed E-state index contributed by atoms with van der Waals surface area (Å²) in [6, 6.07) is 13.3. The van der Waals surface area contributed by atoms with E-state index in [1.54, 1.807) is 30.3 Å². The van der Waals surface area contributed by atoms with Crippen LogP contribution >= 0.6 is 0 Å². The number of nitro benzene ring substituents is 1. The molecule has 3 rings (SSSR count). The Labute approximate surface area is 113 Å². The van der Waals surface area contributed by atoms with Crippen molar-refractivity contribution in [2.24, 2.45) is 0 Å². The second kappa shape index (κ2) is 4.58. The summed E-state index contributed by atoms with van der Waals surface area (Å²) in [5, 5.41) is 15.5. The highest BCUT2D eigenvalue weighted by Gasteiger charge is 2.15. The minimum atomic E-state index is -0.518. The Balaban J connectivity index is 2.33. The standard InChI is InChI=1S/C14H9N3O3/c18-14-11-7-4-8-13(17(19)20)12(11)9-15-16(14)10-5-2-1-3-6-10/h1-9H. The van der Waals surface area contributed by atoms with Crippen LogP contribution < -0.4 is 5.56 Å². The first-order valence-corrected chi connectivity index (χ1v) is 5.89. The Hall–Kier alpha value is -3.02. The van der Waals surface area contributed by atoms with Crippen molar-refractivity contribution in [3.63, 3.8) is 0 Å². The highest BCUT2D eigenvalue weighted by molar-refractivity contribution is 5.89. The molecule has 98 valence electrons. The third-order valence-corrected chi connectivity index (χ3v) is 3.01. The van der Waals surface area contributed by atoms with Gasteiger partial charge in [-0.2, -0.15) is 9.78 Å². The lowest BCUT2D eigenvalue weighted by atomic mass is 10.1. The molecule has 0 fully saturated rings. The minimum absolute atomic E-state index is 0.118. The van der Waals surface area contributed by atoms with Crippen LogP contribution in [0.1, 0.15) is 0 Å². The van der Waals surface area contributed by atoms with E-state index in [-0.39, 0.29) is 22.0 Å². The van der Waals surface area contributed by atoms with Crippen LogP contribution in [0.2, 0.25) is 0 Å². The zero-order valence-electron chi connectivity index (χ0n) is 10.3. The van der Waals surface area contributed by atoms with Crippen LogP contribution in [0, 0.1) is 10.1 Å². The molecule has 0 unspecified atom stereocenters. The molecule has 0 aliphatic heterocycles. The summed E-state index contributed by atoms with van der Waals surface area (Å²) < 4.78 is 1.23. The third-order valence-electron chi connectivity index (χ3n) is 3.01. The van der Waals surface area contributed by atoms with Crippen molar-refractivity contribution in [1.82, 2.24) is 9.78 Å². The van der Waals surface area contributed by atoms with Crippen LogP contribution in [0.25, 0.3) is 16.5 Å². The fourth-order valence-corrected chi connectivity index (χ4v) is 2.07. The van der Waals surface area contributed by atoms with Gasteiger partial charge >= 0.3 is 0 Å². The molecule has 6 nitrogen and oxygen atoms in total. The number of rotatable bonds is 2. The topological polar surface area (TPSA) is 78.0 Å². The SMILES string of the molecule is O=c1c2cccc([N+](=O)[O-])c2cnn1-c1ccccc1. The molecule has 0 aliphatic rings. The number of benzene rings is 2. The van der Waals surface area contributed by atoms with Gasteiger partial charge in [0.1, 0.15) is 0 Å². The predicted octanol–water partition coefficient (Wildman–Crippen LogP) is 2.29. The molecule has 1 heterocycles. The Morgan fingerprint density at radius 2 is 1.75 bits per heavy atom. The van der Waals surface area contributed by atoms with Crippen molar-refractivity contribution in [1.29, 1.82) is 0 Å². The van der Waals surface area contributed by atoms with Crippen molar-refractivity contribution in [2.75, 3.05) is 0 Å². The summed E-state index contributed by atoms with van der Waals surface area (Å²) in [6.07, 6.45) is 1.35. The van der Waals surface area contributed by atoms with Gasteiger partial charge in [0.2, 0.25) is 0 Å². The molecule has 20 heavy (non-hydrogen) atoms. The van der Waals surface area contributed by atoms with E-state index in [0.29, 0.717) is 5.69 Å². The summed E-state index contributed by atoms with van der Waals surface area (Å²) >= 11 is 0. The summed E-state index contributed by atoms with van der Waals surface area (Å²) in [5.74, 6) is 0. The fourth-order valence-electron chi connectivity index (χ4n) is 2.07. The number of non-ortho nitro benzene ring substituents is 1. The summed E-state index contributed by atoms with van der Waals surface area (Å²) in [5.41, 5.74) is 0.121. The molecule has 0 radical (unpaired) electrons. The number of para-hydroxylation sites is 1. The molecular weight excluding hydrogens is 258 g/mol. The van der Waals surface area contributed by atoms with Gasteiger partial charge in [0.05, 0.1) is 27.6 Å². The fraction of sp³-hybridized carbons (Fsp3) is 0. The lowest BCUT2D eigenvalue weighted by molar-refractivity contribution is -0.383. The van der Waals surface area contributed by atoms with Crippen LogP contribution in [0.3, 0.4) is 0 Å². The first kappa shape index (κ1) is 12.0. The molecule has 3 aromatic rings. The van der Waals surface area contributed by atoms with Gasteiger partial charge in [-0.05, 0) is 18.2 Å². The molecule has 0 atom stereocenters. The lowest BCUT2D eigenvalue weighted by Gasteiger charge is -2.05. The molecule has 0 aliphatic carbocycles. The average molecular weight is 267 g/mol. The monoisotopic (exact) mass is 267 g/mol. The maximum Gasteiger partial charge on any atom is 0.279 e. The lowest BCUT2D eigenvalue weighted by Crippen LogP contribution is -2.21.